The third-order valence-electron chi connectivity index (χ3n) is 5.27. The molecule has 3 aromatic rings. The van der Waals surface area contributed by atoms with Crippen LogP contribution in [0.2, 0.25) is 0 Å². The number of amides is 3. The SMILES string of the molecule is COc1cc(/C=C2\SC(=O)N(CC(=O)Nc3ccc(F)cc3)C2=O)ccc1OCc1cccc(C)c1. The molecule has 4 rings (SSSR count). The molecule has 1 heterocycles. The molecule has 0 spiro atoms. The lowest BCUT2D eigenvalue weighted by molar-refractivity contribution is -0.127. The van der Waals surface area contributed by atoms with Gasteiger partial charge in [0.25, 0.3) is 11.1 Å². The van der Waals surface area contributed by atoms with Crippen LogP contribution in [0.5, 0.6) is 11.5 Å². The average molecular weight is 507 g/mol. The van der Waals surface area contributed by atoms with E-state index >= 15 is 0 Å². The maximum atomic E-state index is 13.0. The van der Waals surface area contributed by atoms with Crippen LogP contribution in [0.4, 0.5) is 14.9 Å². The Morgan fingerprint density at radius 1 is 1.06 bits per heavy atom. The van der Waals surface area contributed by atoms with E-state index in [1.807, 2.05) is 31.2 Å². The molecule has 7 nitrogen and oxygen atoms in total. The predicted octanol–water partition coefficient (Wildman–Crippen LogP) is 5.40. The molecule has 0 aliphatic carbocycles. The summed E-state index contributed by atoms with van der Waals surface area (Å²) in [4.78, 5) is 38.5. The zero-order chi connectivity index (χ0) is 25.7. The highest BCUT2D eigenvalue weighted by Gasteiger charge is 2.36. The third kappa shape index (κ3) is 6.11. The number of carbonyl (C=O) groups is 3. The van der Waals surface area contributed by atoms with Gasteiger partial charge in [-0.25, -0.2) is 4.39 Å². The summed E-state index contributed by atoms with van der Waals surface area (Å²) in [6.07, 6.45) is 1.57. The molecule has 0 saturated carbocycles. The summed E-state index contributed by atoms with van der Waals surface area (Å²) in [6.45, 7) is 1.93. The summed E-state index contributed by atoms with van der Waals surface area (Å²) >= 11 is 0.750. The van der Waals surface area contributed by atoms with Gasteiger partial charge >= 0.3 is 0 Å². The number of hydrogen-bond donors (Lipinski definition) is 1. The molecule has 0 atom stereocenters. The zero-order valence-electron chi connectivity index (χ0n) is 19.6. The van der Waals surface area contributed by atoms with Crippen molar-refractivity contribution in [1.29, 1.82) is 0 Å². The fourth-order valence-corrected chi connectivity index (χ4v) is 4.36. The van der Waals surface area contributed by atoms with Gasteiger partial charge in [-0.2, -0.15) is 0 Å². The first-order valence-electron chi connectivity index (χ1n) is 11.0. The zero-order valence-corrected chi connectivity index (χ0v) is 20.4. The Bertz CT molecular complexity index is 1340. The molecule has 1 fully saturated rings. The van der Waals surface area contributed by atoms with Crippen LogP contribution in [-0.2, 0) is 16.2 Å². The van der Waals surface area contributed by atoms with Crippen LogP contribution in [0, 0.1) is 12.7 Å². The Labute approximate surface area is 211 Å². The Balaban J connectivity index is 1.42. The van der Waals surface area contributed by atoms with E-state index in [0.29, 0.717) is 29.4 Å². The largest absolute Gasteiger partial charge is 0.493 e. The first-order valence-corrected chi connectivity index (χ1v) is 11.8. The number of carbonyl (C=O) groups excluding carboxylic acids is 3. The van der Waals surface area contributed by atoms with E-state index < -0.39 is 29.4 Å². The second-order valence-corrected chi connectivity index (χ2v) is 9.00. The van der Waals surface area contributed by atoms with Crippen molar-refractivity contribution < 1.29 is 28.2 Å². The van der Waals surface area contributed by atoms with Gasteiger partial charge in [-0.3, -0.25) is 19.3 Å². The van der Waals surface area contributed by atoms with Gasteiger partial charge in [0, 0.05) is 5.69 Å². The van der Waals surface area contributed by atoms with Gasteiger partial charge in [0.15, 0.2) is 11.5 Å². The number of methoxy groups -OCH3 is 1. The van der Waals surface area contributed by atoms with E-state index in [0.717, 1.165) is 27.8 Å². The van der Waals surface area contributed by atoms with E-state index in [2.05, 4.69) is 5.32 Å². The van der Waals surface area contributed by atoms with Crippen LogP contribution in [0.1, 0.15) is 16.7 Å². The minimum absolute atomic E-state index is 0.185. The first-order chi connectivity index (χ1) is 17.3. The molecule has 9 heteroatoms. The summed E-state index contributed by atoms with van der Waals surface area (Å²) in [5, 5.41) is 1.99. The van der Waals surface area contributed by atoms with Gasteiger partial charge in [0.1, 0.15) is 19.0 Å². The Morgan fingerprint density at radius 3 is 2.56 bits per heavy atom. The van der Waals surface area contributed by atoms with Gasteiger partial charge in [0.05, 0.1) is 12.0 Å². The molecular formula is C27H23FN2O5S. The van der Waals surface area contributed by atoms with Crippen molar-refractivity contribution in [3.8, 4) is 11.5 Å². The smallest absolute Gasteiger partial charge is 0.294 e. The molecule has 1 aliphatic rings. The highest BCUT2D eigenvalue weighted by molar-refractivity contribution is 8.18. The van der Waals surface area contributed by atoms with Crippen molar-refractivity contribution in [3.05, 3.63) is 94.1 Å². The number of hydrogen-bond acceptors (Lipinski definition) is 6. The van der Waals surface area contributed by atoms with Crippen LogP contribution in [0.25, 0.3) is 6.08 Å². The number of imide groups is 1. The fourth-order valence-electron chi connectivity index (χ4n) is 3.52. The van der Waals surface area contributed by atoms with Crippen LogP contribution in [0.15, 0.2) is 71.6 Å². The summed E-state index contributed by atoms with van der Waals surface area (Å²) in [7, 11) is 1.52. The number of halogens is 1. The molecule has 36 heavy (non-hydrogen) atoms. The number of rotatable bonds is 8. The standard InChI is InChI=1S/C27H23FN2O5S/c1-17-4-3-5-19(12-17)16-35-22-11-6-18(13-23(22)34-2)14-24-26(32)30(27(33)36-24)15-25(31)29-21-9-7-20(28)8-10-21/h3-14H,15-16H2,1-2H3,(H,29,31)/b24-14-. The molecule has 1 N–H and O–H groups in total. The van der Waals surface area contributed by atoms with Crippen molar-refractivity contribution >= 4 is 40.6 Å². The second kappa shape index (κ2) is 11.1. The minimum Gasteiger partial charge on any atom is -0.493 e. The molecule has 1 aliphatic heterocycles. The molecule has 0 radical (unpaired) electrons. The monoisotopic (exact) mass is 506 g/mol. The Hall–Kier alpha value is -4.11. The van der Waals surface area contributed by atoms with Gasteiger partial charge in [-0.1, -0.05) is 35.9 Å². The lowest BCUT2D eigenvalue weighted by Crippen LogP contribution is -2.36. The van der Waals surface area contributed by atoms with Gasteiger partial charge in [0.2, 0.25) is 5.91 Å². The summed E-state index contributed by atoms with van der Waals surface area (Å²) < 4.78 is 24.4. The number of thioether (sulfide) groups is 1. The fraction of sp³-hybridized carbons (Fsp3) is 0.148. The maximum absolute atomic E-state index is 13.0. The van der Waals surface area contributed by atoms with Crippen LogP contribution in [0.3, 0.4) is 0 Å². The number of nitrogens with zero attached hydrogens (tertiary/aromatic N) is 1. The van der Waals surface area contributed by atoms with Crippen LogP contribution in [-0.4, -0.2) is 35.6 Å². The molecule has 3 aromatic carbocycles. The normalized spacial score (nSPS) is 14.3. The number of aryl methyl sites for hydroxylation is 1. The quantitative estimate of drug-likeness (QED) is 0.412. The number of benzene rings is 3. The number of nitrogens with one attached hydrogen (secondary N) is 1. The molecule has 184 valence electrons. The van der Waals surface area contributed by atoms with Crippen molar-refractivity contribution in [2.45, 2.75) is 13.5 Å². The van der Waals surface area contributed by atoms with Gasteiger partial charge in [-0.05, 0) is 72.3 Å². The van der Waals surface area contributed by atoms with E-state index in [1.54, 1.807) is 24.3 Å². The third-order valence-corrected chi connectivity index (χ3v) is 6.17. The lowest BCUT2D eigenvalue weighted by Gasteiger charge is -2.13. The highest BCUT2D eigenvalue weighted by Crippen LogP contribution is 2.34. The van der Waals surface area contributed by atoms with E-state index in [4.69, 9.17) is 9.47 Å². The maximum Gasteiger partial charge on any atom is 0.294 e. The van der Waals surface area contributed by atoms with Gasteiger partial charge in [-0.15, -0.1) is 0 Å². The topological polar surface area (TPSA) is 84.9 Å². The molecular weight excluding hydrogens is 483 g/mol. The van der Waals surface area contributed by atoms with Crippen molar-refractivity contribution in [3.63, 3.8) is 0 Å². The van der Waals surface area contributed by atoms with Crippen LogP contribution < -0.4 is 14.8 Å². The predicted molar refractivity (Wildman–Crippen MR) is 136 cm³/mol. The Kier molecular flexibility index (Phi) is 7.70. The summed E-state index contributed by atoms with van der Waals surface area (Å²) in [5.74, 6) is -0.553. The molecule has 0 aromatic heterocycles. The molecule has 1 saturated heterocycles. The molecule has 3 amide bonds. The average Bonchev–Trinajstić information content (AvgIpc) is 3.11. The van der Waals surface area contributed by atoms with E-state index in [-0.39, 0.29) is 4.91 Å². The van der Waals surface area contributed by atoms with Gasteiger partial charge < -0.3 is 14.8 Å². The first kappa shape index (κ1) is 25.0. The number of anilines is 1. The minimum atomic E-state index is -0.571. The Morgan fingerprint density at radius 2 is 1.83 bits per heavy atom. The van der Waals surface area contributed by atoms with Crippen molar-refractivity contribution in [2.75, 3.05) is 19.0 Å². The lowest BCUT2D eigenvalue weighted by atomic mass is 10.1. The van der Waals surface area contributed by atoms with Crippen molar-refractivity contribution in [1.82, 2.24) is 4.90 Å². The van der Waals surface area contributed by atoms with E-state index in [9.17, 15) is 18.8 Å². The van der Waals surface area contributed by atoms with E-state index in [1.165, 1.54) is 31.4 Å². The molecule has 0 bridgehead atoms. The number of ether oxygens (including phenoxy) is 2. The summed E-state index contributed by atoms with van der Waals surface area (Å²) in [5.41, 5.74) is 3.16. The highest BCUT2D eigenvalue weighted by atomic mass is 32.2. The van der Waals surface area contributed by atoms with Crippen molar-refractivity contribution in [2.24, 2.45) is 0 Å². The molecule has 0 unspecified atom stereocenters. The second-order valence-electron chi connectivity index (χ2n) is 8.01. The summed E-state index contributed by atoms with van der Waals surface area (Å²) in [6, 6.07) is 18.4. The van der Waals surface area contributed by atoms with Crippen LogP contribution >= 0.6 is 11.8 Å².